The number of carbonyl (C=O) groups excluding carboxylic acids is 1. The molecule has 2 atom stereocenters. The lowest BCUT2D eigenvalue weighted by Crippen LogP contribution is -2.65. The molecule has 0 aromatic carbocycles. The van der Waals surface area contributed by atoms with Gasteiger partial charge in [0.15, 0.2) is 0 Å². The van der Waals surface area contributed by atoms with Gasteiger partial charge in [-0.3, -0.25) is 0 Å². The lowest BCUT2D eigenvalue weighted by molar-refractivity contribution is -0.0749. The van der Waals surface area contributed by atoms with Crippen molar-refractivity contribution in [2.24, 2.45) is 17.2 Å². The topological polar surface area (TPSA) is 55.6 Å². The molecule has 0 aromatic heterocycles. The van der Waals surface area contributed by atoms with Gasteiger partial charge in [0, 0.05) is 0 Å². The third kappa shape index (κ3) is 3.04. The smallest absolute Gasteiger partial charge is 0.425 e. The van der Waals surface area contributed by atoms with Gasteiger partial charge >= 0.3 is 6.09 Å². The Morgan fingerprint density at radius 3 is 2.32 bits per heavy atom. The number of nitrogens with two attached hydrogens (primary N) is 1. The van der Waals surface area contributed by atoms with Crippen LogP contribution >= 0.6 is 0 Å². The first-order valence-corrected chi connectivity index (χ1v) is 7.20. The van der Waals surface area contributed by atoms with Crippen molar-refractivity contribution in [3.63, 3.8) is 0 Å². The van der Waals surface area contributed by atoms with E-state index >= 15 is 0 Å². The molecule has 0 radical (unpaired) electrons. The number of nitrogens with zero attached hydrogens (tertiary/aromatic N) is 1. The monoisotopic (exact) mass is 270 g/mol. The molecule has 4 heteroatoms. The highest BCUT2D eigenvalue weighted by molar-refractivity contribution is 5.68. The highest BCUT2D eigenvalue weighted by Crippen LogP contribution is 2.49. The van der Waals surface area contributed by atoms with Crippen LogP contribution in [0.25, 0.3) is 0 Å². The summed E-state index contributed by atoms with van der Waals surface area (Å²) < 4.78 is 5.41. The third-order valence-corrected chi connectivity index (χ3v) is 5.04. The maximum Gasteiger partial charge on any atom is 0.425 e. The first-order valence-electron chi connectivity index (χ1n) is 7.20. The molecule has 0 aliphatic heterocycles. The molecule has 2 unspecified atom stereocenters. The molecule has 0 bridgehead atoms. The molecule has 1 rings (SSSR count). The van der Waals surface area contributed by atoms with Crippen LogP contribution in [0.1, 0.15) is 67.7 Å². The Morgan fingerprint density at radius 2 is 1.84 bits per heavy atom. The Labute approximate surface area is 117 Å². The molecule has 2 N–H and O–H groups in total. The number of ether oxygens (including phenoxy) is 1. The number of rotatable bonds is 1. The number of hydrazine groups is 1. The van der Waals surface area contributed by atoms with E-state index in [1.54, 1.807) is 0 Å². The predicted octanol–water partition coefficient (Wildman–Crippen LogP) is 3.70. The SMILES string of the molecule is CC1CCCC(C)(N(N)C(=O)OC(C)(C)C)C1(C)C. The fourth-order valence-electron chi connectivity index (χ4n) is 2.91. The van der Waals surface area contributed by atoms with Gasteiger partial charge in [-0.05, 0) is 45.4 Å². The Bertz CT molecular complexity index is 347. The maximum absolute atomic E-state index is 12.2. The molecule has 1 fully saturated rings. The van der Waals surface area contributed by atoms with E-state index in [1.807, 2.05) is 20.8 Å². The first kappa shape index (κ1) is 16.3. The summed E-state index contributed by atoms with van der Waals surface area (Å²) in [5, 5.41) is 1.33. The zero-order valence-electron chi connectivity index (χ0n) is 13.5. The zero-order valence-corrected chi connectivity index (χ0v) is 13.5. The van der Waals surface area contributed by atoms with Crippen molar-refractivity contribution in [2.75, 3.05) is 0 Å². The first-order chi connectivity index (χ1) is 8.42. The number of amides is 1. The quantitative estimate of drug-likeness (QED) is 0.449. The fourth-order valence-corrected chi connectivity index (χ4v) is 2.91. The second-order valence-corrected chi connectivity index (χ2v) is 7.64. The molecule has 112 valence electrons. The van der Waals surface area contributed by atoms with Crippen LogP contribution in [0.5, 0.6) is 0 Å². The van der Waals surface area contributed by atoms with Crippen LogP contribution in [0, 0.1) is 11.3 Å². The van der Waals surface area contributed by atoms with Gasteiger partial charge < -0.3 is 4.74 Å². The van der Waals surface area contributed by atoms with Gasteiger partial charge in [0.1, 0.15) is 5.60 Å². The van der Waals surface area contributed by atoms with Crippen molar-refractivity contribution in [3.8, 4) is 0 Å². The summed E-state index contributed by atoms with van der Waals surface area (Å²) in [6.07, 6.45) is 2.76. The van der Waals surface area contributed by atoms with Gasteiger partial charge in [0.2, 0.25) is 0 Å². The third-order valence-electron chi connectivity index (χ3n) is 5.04. The Hall–Kier alpha value is -0.770. The minimum Gasteiger partial charge on any atom is -0.443 e. The van der Waals surface area contributed by atoms with Gasteiger partial charge in [-0.1, -0.05) is 33.6 Å². The summed E-state index contributed by atoms with van der Waals surface area (Å²) in [7, 11) is 0. The van der Waals surface area contributed by atoms with Crippen molar-refractivity contribution in [3.05, 3.63) is 0 Å². The predicted molar refractivity (Wildman–Crippen MR) is 77.5 cm³/mol. The van der Waals surface area contributed by atoms with E-state index in [4.69, 9.17) is 10.6 Å². The number of hydrogen-bond acceptors (Lipinski definition) is 3. The second-order valence-electron chi connectivity index (χ2n) is 7.64. The summed E-state index contributed by atoms with van der Waals surface area (Å²) in [6.45, 7) is 14.3. The summed E-state index contributed by atoms with van der Waals surface area (Å²) in [4.78, 5) is 12.2. The van der Waals surface area contributed by atoms with Crippen LogP contribution in [0.4, 0.5) is 4.79 Å². The normalized spacial score (nSPS) is 30.8. The van der Waals surface area contributed by atoms with Crippen LogP contribution in [-0.4, -0.2) is 22.2 Å². The molecule has 19 heavy (non-hydrogen) atoms. The standard InChI is InChI=1S/C15H30N2O2/c1-11-9-8-10-15(7,14(11,5)6)17(16)12(18)19-13(2,3)4/h11H,8-10,16H2,1-7H3. The van der Waals surface area contributed by atoms with Crippen LogP contribution in [0.2, 0.25) is 0 Å². The Morgan fingerprint density at radius 1 is 1.32 bits per heavy atom. The number of carbonyl (C=O) groups is 1. The van der Waals surface area contributed by atoms with Gasteiger partial charge in [-0.25, -0.2) is 15.6 Å². The van der Waals surface area contributed by atoms with E-state index in [0.717, 1.165) is 12.8 Å². The average Bonchev–Trinajstić information content (AvgIpc) is 2.23. The Balaban J connectivity index is 2.95. The molecule has 0 spiro atoms. The molecule has 1 amide bonds. The van der Waals surface area contributed by atoms with Crippen LogP contribution in [0.3, 0.4) is 0 Å². The minimum atomic E-state index is -0.518. The summed E-state index contributed by atoms with van der Waals surface area (Å²) in [6, 6.07) is 0. The molecular formula is C15H30N2O2. The fraction of sp³-hybridized carbons (Fsp3) is 0.933. The molecule has 4 nitrogen and oxygen atoms in total. The van der Waals surface area contributed by atoms with Gasteiger partial charge in [-0.2, -0.15) is 0 Å². The van der Waals surface area contributed by atoms with Crippen LogP contribution in [-0.2, 0) is 4.74 Å². The van der Waals surface area contributed by atoms with E-state index in [2.05, 4.69) is 27.7 Å². The maximum atomic E-state index is 12.2. The molecule has 0 saturated heterocycles. The van der Waals surface area contributed by atoms with E-state index in [1.165, 1.54) is 11.4 Å². The zero-order chi connectivity index (χ0) is 15.1. The van der Waals surface area contributed by atoms with Crippen molar-refractivity contribution in [1.29, 1.82) is 0 Å². The van der Waals surface area contributed by atoms with Gasteiger partial charge in [0.25, 0.3) is 0 Å². The van der Waals surface area contributed by atoms with Crippen molar-refractivity contribution < 1.29 is 9.53 Å². The minimum absolute atomic E-state index is 0.0308. The second kappa shape index (κ2) is 4.97. The van der Waals surface area contributed by atoms with Crippen molar-refractivity contribution >= 4 is 6.09 Å². The summed E-state index contributed by atoms with van der Waals surface area (Å²) in [5.41, 5.74) is -0.917. The lowest BCUT2D eigenvalue weighted by atomic mass is 9.58. The molecular weight excluding hydrogens is 240 g/mol. The van der Waals surface area contributed by atoms with Gasteiger partial charge in [-0.15, -0.1) is 0 Å². The van der Waals surface area contributed by atoms with E-state index in [-0.39, 0.29) is 11.0 Å². The molecule has 1 aliphatic carbocycles. The molecule has 1 saturated carbocycles. The van der Waals surface area contributed by atoms with Crippen molar-refractivity contribution in [1.82, 2.24) is 5.01 Å². The van der Waals surface area contributed by atoms with Crippen LogP contribution in [0.15, 0.2) is 0 Å². The highest BCUT2D eigenvalue weighted by atomic mass is 16.6. The highest BCUT2D eigenvalue weighted by Gasteiger charge is 2.52. The molecule has 0 aromatic rings. The Kier molecular flexibility index (Phi) is 4.26. The molecule has 1 aliphatic rings. The van der Waals surface area contributed by atoms with E-state index in [0.29, 0.717) is 5.92 Å². The average molecular weight is 270 g/mol. The molecule has 0 heterocycles. The largest absolute Gasteiger partial charge is 0.443 e. The van der Waals surface area contributed by atoms with Gasteiger partial charge in [0.05, 0.1) is 5.54 Å². The van der Waals surface area contributed by atoms with Crippen LogP contribution < -0.4 is 5.84 Å². The lowest BCUT2D eigenvalue weighted by Gasteiger charge is -2.55. The van der Waals surface area contributed by atoms with E-state index in [9.17, 15) is 4.79 Å². The van der Waals surface area contributed by atoms with E-state index < -0.39 is 11.7 Å². The summed E-state index contributed by atoms with van der Waals surface area (Å²) >= 11 is 0. The summed E-state index contributed by atoms with van der Waals surface area (Å²) in [5.74, 6) is 6.66. The van der Waals surface area contributed by atoms with Crippen molar-refractivity contribution in [2.45, 2.75) is 78.9 Å². The number of hydrogen-bond donors (Lipinski definition) is 1.